The van der Waals surface area contributed by atoms with Crippen molar-refractivity contribution in [3.8, 4) is 5.75 Å². The van der Waals surface area contributed by atoms with E-state index in [0.717, 1.165) is 43.4 Å². The van der Waals surface area contributed by atoms with Gasteiger partial charge in [0.25, 0.3) is 0 Å². The molecule has 1 atom stereocenters. The summed E-state index contributed by atoms with van der Waals surface area (Å²) in [5.74, 6) is 1.23. The van der Waals surface area contributed by atoms with Gasteiger partial charge in [0.2, 0.25) is 5.91 Å². The number of benzene rings is 1. The van der Waals surface area contributed by atoms with Crippen LogP contribution in [0.25, 0.3) is 0 Å². The average molecular weight is 582 g/mol. The van der Waals surface area contributed by atoms with Crippen molar-refractivity contribution < 1.29 is 28.4 Å². The lowest BCUT2D eigenvalue weighted by Crippen LogP contribution is -2.39. The van der Waals surface area contributed by atoms with Gasteiger partial charge < -0.3 is 19.8 Å². The van der Waals surface area contributed by atoms with Crippen LogP contribution in [-0.2, 0) is 20.3 Å². The highest BCUT2D eigenvalue weighted by molar-refractivity contribution is 7.46. The highest BCUT2D eigenvalue weighted by Gasteiger charge is 2.20. The molecule has 0 radical (unpaired) electrons. The lowest BCUT2D eigenvalue weighted by Gasteiger charge is -2.19. The maximum Gasteiger partial charge on any atom is 0.469 e. The van der Waals surface area contributed by atoms with Crippen LogP contribution in [0, 0.1) is 5.92 Å². The summed E-state index contributed by atoms with van der Waals surface area (Å²) < 4.78 is 21.7. The number of ether oxygens (including phenoxy) is 1. The molecule has 0 saturated heterocycles. The highest BCUT2D eigenvalue weighted by atomic mass is 31.2. The quantitative estimate of drug-likeness (QED) is 0.0610. The van der Waals surface area contributed by atoms with E-state index in [2.05, 4.69) is 38.2 Å². The molecule has 8 heteroatoms. The standard InChI is InChI=1S/C32H56NO6P/c1-4-5-6-7-8-9-10-11-12-13-14-15-16-17-18-19-32(34)33-30(27-39-40(35,36)37)26-29-20-22-31(23-21-29)38-25-24-28(2)3/h11-12,20-23,28,30H,4-10,13-19,24-27H2,1-3H3,(H,33,34)(H2,35,36,37)/b12-11-. The zero-order valence-electron chi connectivity index (χ0n) is 25.3. The highest BCUT2D eigenvalue weighted by Crippen LogP contribution is 2.35. The van der Waals surface area contributed by atoms with Gasteiger partial charge in [-0.25, -0.2) is 4.57 Å². The van der Waals surface area contributed by atoms with Crippen LogP contribution in [0.15, 0.2) is 36.4 Å². The molecule has 1 amide bonds. The Morgan fingerprint density at radius 1 is 0.900 bits per heavy atom. The number of hydrogen-bond acceptors (Lipinski definition) is 4. The summed E-state index contributed by atoms with van der Waals surface area (Å²) in [7, 11) is -4.63. The number of unbranched alkanes of at least 4 members (excludes halogenated alkanes) is 11. The van der Waals surface area contributed by atoms with Crippen molar-refractivity contribution in [3.05, 3.63) is 42.0 Å². The van der Waals surface area contributed by atoms with Crippen molar-refractivity contribution >= 4 is 13.7 Å². The number of allylic oxidation sites excluding steroid dienone is 2. The van der Waals surface area contributed by atoms with Crippen molar-refractivity contribution in [2.75, 3.05) is 13.2 Å². The lowest BCUT2D eigenvalue weighted by atomic mass is 10.1. The van der Waals surface area contributed by atoms with Crippen LogP contribution < -0.4 is 10.1 Å². The van der Waals surface area contributed by atoms with E-state index in [-0.39, 0.29) is 12.5 Å². The predicted octanol–water partition coefficient (Wildman–Crippen LogP) is 8.29. The summed E-state index contributed by atoms with van der Waals surface area (Å²) in [5.41, 5.74) is 0.928. The van der Waals surface area contributed by atoms with Gasteiger partial charge in [0.1, 0.15) is 5.75 Å². The van der Waals surface area contributed by atoms with E-state index >= 15 is 0 Å². The Hall–Kier alpha value is -1.66. The second kappa shape index (κ2) is 23.0. The lowest BCUT2D eigenvalue weighted by molar-refractivity contribution is -0.122. The first kappa shape index (κ1) is 36.4. The molecule has 0 aliphatic carbocycles. The Balaban J connectivity index is 2.27. The third kappa shape index (κ3) is 22.1. The van der Waals surface area contributed by atoms with E-state index in [4.69, 9.17) is 19.0 Å². The van der Waals surface area contributed by atoms with Crippen molar-refractivity contribution in [3.63, 3.8) is 0 Å². The molecule has 0 aliphatic rings. The molecule has 0 fully saturated rings. The van der Waals surface area contributed by atoms with Gasteiger partial charge in [0.15, 0.2) is 0 Å². The van der Waals surface area contributed by atoms with Gasteiger partial charge >= 0.3 is 7.82 Å². The Bertz CT molecular complexity index is 836. The van der Waals surface area contributed by atoms with Crippen molar-refractivity contribution in [2.24, 2.45) is 5.92 Å². The molecule has 0 bridgehead atoms. The first-order valence-corrected chi connectivity index (χ1v) is 17.1. The van der Waals surface area contributed by atoms with Gasteiger partial charge in [-0.3, -0.25) is 9.32 Å². The maximum absolute atomic E-state index is 12.5. The molecule has 0 saturated carbocycles. The number of phosphoric acid groups is 1. The monoisotopic (exact) mass is 581 g/mol. The summed E-state index contributed by atoms with van der Waals surface area (Å²) >= 11 is 0. The van der Waals surface area contributed by atoms with E-state index < -0.39 is 13.9 Å². The molecule has 1 aromatic rings. The zero-order valence-corrected chi connectivity index (χ0v) is 26.2. The van der Waals surface area contributed by atoms with Crippen molar-refractivity contribution in [1.82, 2.24) is 5.32 Å². The summed E-state index contributed by atoms with van der Waals surface area (Å²) in [6.07, 6.45) is 22.0. The number of carbonyl (C=O) groups is 1. The van der Waals surface area contributed by atoms with E-state index in [1.165, 1.54) is 57.8 Å². The summed E-state index contributed by atoms with van der Waals surface area (Å²) in [6.45, 7) is 6.95. The molecule has 1 unspecified atom stereocenters. The molecule has 1 aromatic carbocycles. The summed E-state index contributed by atoms with van der Waals surface area (Å²) in [6, 6.07) is 7.04. The first-order valence-electron chi connectivity index (χ1n) is 15.6. The minimum absolute atomic E-state index is 0.120. The first-order chi connectivity index (χ1) is 19.2. The third-order valence-corrected chi connectivity index (χ3v) is 7.33. The third-order valence-electron chi connectivity index (χ3n) is 6.84. The largest absolute Gasteiger partial charge is 0.494 e. The maximum atomic E-state index is 12.5. The Kier molecular flexibility index (Phi) is 20.9. The Morgan fingerprint density at radius 3 is 2.05 bits per heavy atom. The molecule has 3 N–H and O–H groups in total. The van der Waals surface area contributed by atoms with Gasteiger partial charge in [-0.05, 0) is 68.6 Å². The fraction of sp³-hybridized carbons (Fsp3) is 0.719. The normalized spacial score (nSPS) is 12.8. The van der Waals surface area contributed by atoms with E-state index in [0.29, 0.717) is 25.4 Å². The number of carbonyl (C=O) groups excluding carboxylic acids is 1. The van der Waals surface area contributed by atoms with Crippen LogP contribution in [0.4, 0.5) is 0 Å². The molecular formula is C32H56NO6P. The molecule has 230 valence electrons. The predicted molar refractivity (Wildman–Crippen MR) is 164 cm³/mol. The van der Waals surface area contributed by atoms with E-state index in [1.54, 1.807) is 0 Å². The van der Waals surface area contributed by atoms with Gasteiger partial charge in [-0.1, -0.05) is 96.4 Å². The fourth-order valence-electron chi connectivity index (χ4n) is 4.41. The Labute approximate surface area is 243 Å². The van der Waals surface area contributed by atoms with Gasteiger partial charge in [-0.2, -0.15) is 0 Å². The molecule has 0 aliphatic heterocycles. The molecule has 0 heterocycles. The van der Waals surface area contributed by atoms with Gasteiger partial charge in [0.05, 0.1) is 19.3 Å². The van der Waals surface area contributed by atoms with Gasteiger partial charge in [-0.15, -0.1) is 0 Å². The van der Waals surface area contributed by atoms with Crippen LogP contribution in [-0.4, -0.2) is 34.9 Å². The molecular weight excluding hydrogens is 525 g/mol. The number of nitrogens with one attached hydrogen (secondary N) is 1. The minimum atomic E-state index is -4.63. The second-order valence-corrected chi connectivity index (χ2v) is 12.5. The van der Waals surface area contributed by atoms with Crippen LogP contribution in [0.5, 0.6) is 5.75 Å². The van der Waals surface area contributed by atoms with Crippen molar-refractivity contribution in [2.45, 2.75) is 130 Å². The number of amides is 1. The van der Waals surface area contributed by atoms with Crippen LogP contribution >= 0.6 is 7.82 Å². The van der Waals surface area contributed by atoms with Crippen LogP contribution in [0.1, 0.15) is 123 Å². The minimum Gasteiger partial charge on any atom is -0.494 e. The van der Waals surface area contributed by atoms with Crippen LogP contribution in [0.3, 0.4) is 0 Å². The molecule has 1 rings (SSSR count). The molecule has 0 spiro atoms. The van der Waals surface area contributed by atoms with Gasteiger partial charge in [0, 0.05) is 6.42 Å². The molecule has 40 heavy (non-hydrogen) atoms. The summed E-state index contributed by atoms with van der Waals surface area (Å²) in [5, 5.41) is 2.90. The second-order valence-electron chi connectivity index (χ2n) is 11.3. The number of rotatable bonds is 25. The van der Waals surface area contributed by atoms with E-state index in [1.807, 2.05) is 24.3 Å². The van der Waals surface area contributed by atoms with Crippen LogP contribution in [0.2, 0.25) is 0 Å². The molecule has 7 nitrogen and oxygen atoms in total. The SMILES string of the molecule is CCCCCCCC/C=C\CCCCCCCC(=O)NC(COP(=O)(O)O)Cc1ccc(OCCC(C)C)cc1. The number of phosphoric ester groups is 1. The van der Waals surface area contributed by atoms with Crippen molar-refractivity contribution in [1.29, 1.82) is 0 Å². The molecule has 0 aromatic heterocycles. The fourth-order valence-corrected chi connectivity index (χ4v) is 4.79. The van der Waals surface area contributed by atoms with E-state index in [9.17, 15) is 9.36 Å². The summed E-state index contributed by atoms with van der Waals surface area (Å²) in [4.78, 5) is 30.8. The average Bonchev–Trinajstić information content (AvgIpc) is 2.90. The topological polar surface area (TPSA) is 105 Å². The zero-order chi connectivity index (χ0) is 29.5. The Morgan fingerprint density at radius 2 is 1.48 bits per heavy atom. The smallest absolute Gasteiger partial charge is 0.469 e. The number of hydrogen-bond donors (Lipinski definition) is 3.